The molecule has 8 heteroatoms. The van der Waals surface area contributed by atoms with Crippen molar-refractivity contribution in [2.24, 2.45) is 4.99 Å². The van der Waals surface area contributed by atoms with E-state index in [2.05, 4.69) is 10.3 Å². The van der Waals surface area contributed by atoms with Crippen LogP contribution in [0.5, 0.6) is 5.75 Å². The van der Waals surface area contributed by atoms with E-state index >= 15 is 0 Å². The molecule has 6 nitrogen and oxygen atoms in total. The first-order chi connectivity index (χ1) is 16.0. The van der Waals surface area contributed by atoms with Crippen molar-refractivity contribution < 1.29 is 9.90 Å². The molecule has 1 saturated heterocycles. The van der Waals surface area contributed by atoms with E-state index in [9.17, 15) is 9.90 Å². The molecule has 33 heavy (non-hydrogen) atoms. The number of amides is 1. The summed E-state index contributed by atoms with van der Waals surface area (Å²) in [6.45, 7) is 0. The number of thioether (sulfide) groups is 1. The maximum atomic E-state index is 12.2. The molecule has 0 aliphatic carbocycles. The molecule has 162 valence electrons. The second kappa shape index (κ2) is 8.97. The Bertz CT molecular complexity index is 1380. The number of phenols is 1. The summed E-state index contributed by atoms with van der Waals surface area (Å²) in [5, 5.41) is 17.5. The van der Waals surface area contributed by atoms with Crippen LogP contribution in [0.25, 0.3) is 23.0 Å². The van der Waals surface area contributed by atoms with Crippen LogP contribution in [0.3, 0.4) is 0 Å². The molecule has 3 aromatic carbocycles. The number of aromatic hydroxyl groups is 1. The highest BCUT2D eigenvalue weighted by atomic mass is 35.5. The minimum absolute atomic E-state index is 0.153. The first-order valence-corrected chi connectivity index (χ1v) is 11.2. The fraction of sp³-hybridized carbons (Fsp3) is 0. The van der Waals surface area contributed by atoms with E-state index in [0.717, 1.165) is 34.3 Å². The number of phenolic OH excluding ortho intramolecular Hbond substituents is 1. The van der Waals surface area contributed by atoms with Crippen molar-refractivity contribution in [2.45, 2.75) is 0 Å². The molecule has 1 aliphatic rings. The number of nitrogens with one attached hydrogen (secondary N) is 1. The Hall–Kier alpha value is -3.81. The zero-order chi connectivity index (χ0) is 22.8. The molecule has 1 aliphatic heterocycles. The van der Waals surface area contributed by atoms with E-state index < -0.39 is 0 Å². The predicted molar refractivity (Wildman–Crippen MR) is 133 cm³/mol. The zero-order valence-corrected chi connectivity index (χ0v) is 18.7. The Morgan fingerprint density at radius 2 is 1.73 bits per heavy atom. The van der Waals surface area contributed by atoms with Gasteiger partial charge in [-0.3, -0.25) is 4.79 Å². The monoisotopic (exact) mass is 472 g/mol. The van der Waals surface area contributed by atoms with Gasteiger partial charge in [-0.05, 0) is 66.4 Å². The van der Waals surface area contributed by atoms with Gasteiger partial charge >= 0.3 is 0 Å². The molecule has 0 atom stereocenters. The number of halogens is 1. The summed E-state index contributed by atoms with van der Waals surface area (Å²) in [6, 6.07) is 23.7. The average molecular weight is 473 g/mol. The van der Waals surface area contributed by atoms with Crippen LogP contribution < -0.4 is 5.32 Å². The van der Waals surface area contributed by atoms with Crippen LogP contribution in [0, 0.1) is 0 Å². The molecular formula is C25H17ClN4O2S. The molecule has 2 N–H and O–H groups in total. The molecule has 0 unspecified atom stereocenters. The molecule has 0 radical (unpaired) electrons. The first-order valence-electron chi connectivity index (χ1n) is 10.0. The smallest absolute Gasteiger partial charge is 0.289 e. The van der Waals surface area contributed by atoms with Gasteiger partial charge < -0.3 is 10.4 Å². The third-order valence-corrected chi connectivity index (χ3v) is 5.99. The van der Waals surface area contributed by atoms with Crippen LogP contribution in [0.1, 0.15) is 5.56 Å². The van der Waals surface area contributed by atoms with E-state index in [0.29, 0.717) is 21.5 Å². The second-order valence-corrected chi connectivity index (χ2v) is 8.67. The number of rotatable bonds is 4. The summed E-state index contributed by atoms with van der Waals surface area (Å²) in [6.07, 6.45) is 3.83. The van der Waals surface area contributed by atoms with Crippen molar-refractivity contribution in [3.05, 3.63) is 101 Å². The lowest BCUT2D eigenvalue weighted by Gasteiger charge is -2.02. The van der Waals surface area contributed by atoms with Gasteiger partial charge in [-0.15, -0.1) is 0 Å². The highest BCUT2D eigenvalue weighted by Gasteiger charge is 2.25. The van der Waals surface area contributed by atoms with E-state index in [1.54, 1.807) is 24.3 Å². The number of hydrogen-bond acceptors (Lipinski definition) is 5. The molecule has 1 amide bonds. The van der Waals surface area contributed by atoms with E-state index in [-0.39, 0.29) is 11.0 Å². The van der Waals surface area contributed by atoms with Crippen molar-refractivity contribution in [3.8, 4) is 22.7 Å². The third kappa shape index (κ3) is 4.69. The number of hydrogen-bond donors (Lipinski definition) is 2. The zero-order valence-electron chi connectivity index (χ0n) is 17.1. The van der Waals surface area contributed by atoms with Crippen LogP contribution in [0.15, 0.2) is 95.0 Å². The Balaban J connectivity index is 1.60. The third-order valence-electron chi connectivity index (χ3n) is 4.91. The van der Waals surface area contributed by atoms with Crippen molar-refractivity contribution in [3.63, 3.8) is 0 Å². The summed E-state index contributed by atoms with van der Waals surface area (Å²) >= 11 is 7.16. The van der Waals surface area contributed by atoms with Crippen LogP contribution in [0.2, 0.25) is 5.02 Å². The van der Waals surface area contributed by atoms with Gasteiger partial charge in [0.1, 0.15) is 11.6 Å². The fourth-order valence-electron chi connectivity index (χ4n) is 3.35. The predicted octanol–water partition coefficient (Wildman–Crippen LogP) is 6.43. The number of nitrogens with zero attached hydrogens (tertiary/aromatic N) is 3. The summed E-state index contributed by atoms with van der Waals surface area (Å²) < 4.78 is 1.81. The largest absolute Gasteiger partial charge is 0.508 e. The molecule has 2 heterocycles. The van der Waals surface area contributed by atoms with Gasteiger partial charge in [-0.1, -0.05) is 41.9 Å². The van der Waals surface area contributed by atoms with Gasteiger partial charge in [0.05, 0.1) is 22.0 Å². The summed E-state index contributed by atoms with van der Waals surface area (Å²) in [5.74, 6) is 0.602. The lowest BCUT2D eigenvalue weighted by Crippen LogP contribution is -2.18. The van der Waals surface area contributed by atoms with Gasteiger partial charge in [-0.2, -0.15) is 5.10 Å². The first kappa shape index (κ1) is 21.1. The van der Waals surface area contributed by atoms with Crippen LogP contribution in [-0.2, 0) is 0 Å². The maximum Gasteiger partial charge on any atom is 0.289 e. The Morgan fingerprint density at radius 3 is 2.45 bits per heavy atom. The maximum absolute atomic E-state index is 12.2. The van der Waals surface area contributed by atoms with Crippen molar-refractivity contribution in [1.29, 1.82) is 0 Å². The number of amidine groups is 1. The van der Waals surface area contributed by atoms with Crippen molar-refractivity contribution in [1.82, 2.24) is 15.1 Å². The minimum atomic E-state index is -0.206. The van der Waals surface area contributed by atoms with Crippen molar-refractivity contribution >= 4 is 46.2 Å². The molecule has 1 aromatic heterocycles. The summed E-state index contributed by atoms with van der Waals surface area (Å²) in [4.78, 5) is 17.4. The summed E-state index contributed by atoms with van der Waals surface area (Å²) in [5.41, 5.74) is 4.03. The summed E-state index contributed by atoms with van der Waals surface area (Å²) in [7, 11) is 0. The van der Waals surface area contributed by atoms with E-state index in [4.69, 9.17) is 16.7 Å². The lowest BCUT2D eigenvalue weighted by molar-refractivity contribution is 0.265. The van der Waals surface area contributed by atoms with Gasteiger partial charge in [-0.25, -0.2) is 9.67 Å². The second-order valence-electron chi connectivity index (χ2n) is 7.22. The van der Waals surface area contributed by atoms with Gasteiger partial charge in [0.2, 0.25) is 0 Å². The number of aromatic nitrogens is 2. The van der Waals surface area contributed by atoms with Crippen LogP contribution in [0.4, 0.5) is 10.5 Å². The molecule has 5 rings (SSSR count). The van der Waals surface area contributed by atoms with Gasteiger partial charge in [0.25, 0.3) is 5.24 Å². The lowest BCUT2D eigenvalue weighted by atomic mass is 10.1. The Morgan fingerprint density at radius 1 is 1.00 bits per heavy atom. The molecule has 0 spiro atoms. The molecule has 0 saturated carbocycles. The quantitative estimate of drug-likeness (QED) is 0.359. The van der Waals surface area contributed by atoms with Crippen LogP contribution >= 0.6 is 23.4 Å². The number of carbonyl (C=O) groups excluding carboxylic acids is 1. The normalized spacial score (nSPS) is 15.8. The van der Waals surface area contributed by atoms with Crippen LogP contribution in [-0.4, -0.2) is 26.0 Å². The molecule has 1 fully saturated rings. The van der Waals surface area contributed by atoms with Crippen molar-refractivity contribution in [2.75, 3.05) is 0 Å². The number of para-hydroxylation sites is 1. The number of benzene rings is 3. The standard InChI is InChI=1S/C25H17ClN4O2S/c26-18-8-6-16(7-9-18)23-17(15-30(29-23)20-4-2-1-3-5-20)14-22-24(28-25(32)33-22)27-19-10-12-21(31)13-11-19/h1-15,31H,(H,27,28,32)/b22-14-. The Kier molecular flexibility index (Phi) is 5.73. The number of aliphatic imine (C=N–C) groups is 1. The molecular weight excluding hydrogens is 456 g/mol. The van der Waals surface area contributed by atoms with E-state index in [1.807, 2.05) is 71.6 Å². The van der Waals surface area contributed by atoms with Gasteiger partial charge in [0.15, 0.2) is 0 Å². The fourth-order valence-corrected chi connectivity index (χ4v) is 4.20. The average Bonchev–Trinajstić information content (AvgIpc) is 3.40. The van der Waals surface area contributed by atoms with E-state index in [1.165, 1.54) is 0 Å². The Labute approximate surface area is 199 Å². The SMILES string of the molecule is O=C1NC(=Nc2ccc(O)cc2)/C(=C/c2cn(-c3ccccc3)nc2-c2ccc(Cl)cc2)S1. The minimum Gasteiger partial charge on any atom is -0.508 e. The molecule has 4 aromatic rings. The number of carbonyl (C=O) groups is 1. The topological polar surface area (TPSA) is 79.5 Å². The van der Waals surface area contributed by atoms with Gasteiger partial charge in [0, 0.05) is 22.3 Å². The highest BCUT2D eigenvalue weighted by Crippen LogP contribution is 2.32. The molecule has 0 bridgehead atoms. The highest BCUT2D eigenvalue weighted by molar-refractivity contribution is 8.18.